The van der Waals surface area contributed by atoms with Gasteiger partial charge in [0.15, 0.2) is 0 Å². The lowest BCUT2D eigenvalue weighted by Gasteiger charge is -2.14. The molecule has 4 aromatic rings. The number of hydrogen-bond acceptors (Lipinski definition) is 3. The number of esters is 1. The predicted octanol–water partition coefficient (Wildman–Crippen LogP) is 6.65. The van der Waals surface area contributed by atoms with Gasteiger partial charge in [0.2, 0.25) is 0 Å². The molecule has 1 heterocycles. The van der Waals surface area contributed by atoms with Crippen LogP contribution in [0.2, 0.25) is 0 Å². The van der Waals surface area contributed by atoms with E-state index in [1.165, 1.54) is 5.56 Å². The van der Waals surface area contributed by atoms with Crippen molar-refractivity contribution in [3.8, 4) is 28.2 Å². The van der Waals surface area contributed by atoms with E-state index in [1.807, 2.05) is 19.1 Å². The van der Waals surface area contributed by atoms with E-state index in [2.05, 4.69) is 84.3 Å². The van der Waals surface area contributed by atoms with E-state index in [0.29, 0.717) is 13.0 Å². The van der Waals surface area contributed by atoms with Crippen LogP contribution in [0.25, 0.3) is 28.2 Å². The second-order valence-corrected chi connectivity index (χ2v) is 7.97. The predicted molar refractivity (Wildman–Crippen MR) is 133 cm³/mol. The molecular formula is C29H30N2O2. The first-order chi connectivity index (χ1) is 16.2. The molecule has 0 aliphatic heterocycles. The van der Waals surface area contributed by atoms with Gasteiger partial charge < -0.3 is 4.74 Å². The van der Waals surface area contributed by atoms with E-state index in [0.717, 1.165) is 53.3 Å². The van der Waals surface area contributed by atoms with Crippen molar-refractivity contribution in [1.82, 2.24) is 9.55 Å². The van der Waals surface area contributed by atoms with Crippen LogP contribution in [-0.2, 0) is 22.4 Å². The molecule has 0 saturated heterocycles. The van der Waals surface area contributed by atoms with E-state index in [-0.39, 0.29) is 5.97 Å². The molecule has 4 rings (SSSR count). The molecule has 0 N–H and O–H groups in total. The lowest BCUT2D eigenvalue weighted by atomic mass is 10.0. The third kappa shape index (κ3) is 5.23. The van der Waals surface area contributed by atoms with Gasteiger partial charge in [0.25, 0.3) is 0 Å². The zero-order valence-electron chi connectivity index (χ0n) is 19.3. The van der Waals surface area contributed by atoms with Gasteiger partial charge in [-0.25, -0.2) is 4.98 Å². The number of carbonyl (C=O) groups is 1. The Morgan fingerprint density at radius 1 is 0.848 bits per heavy atom. The molecule has 168 valence electrons. The normalized spacial score (nSPS) is 10.8. The summed E-state index contributed by atoms with van der Waals surface area (Å²) < 4.78 is 7.30. The van der Waals surface area contributed by atoms with Gasteiger partial charge in [-0.2, -0.15) is 0 Å². The fourth-order valence-electron chi connectivity index (χ4n) is 4.12. The summed E-state index contributed by atoms with van der Waals surface area (Å²) in [7, 11) is 0. The summed E-state index contributed by atoms with van der Waals surface area (Å²) in [5.74, 6) is 0.906. The van der Waals surface area contributed by atoms with Crippen LogP contribution >= 0.6 is 0 Å². The summed E-state index contributed by atoms with van der Waals surface area (Å²) in [4.78, 5) is 16.7. The van der Waals surface area contributed by atoms with E-state index in [9.17, 15) is 4.79 Å². The molecule has 0 saturated carbocycles. The Morgan fingerprint density at radius 3 is 2.09 bits per heavy atom. The molecule has 0 spiro atoms. The second kappa shape index (κ2) is 10.8. The smallest absolute Gasteiger partial charge is 0.305 e. The van der Waals surface area contributed by atoms with Gasteiger partial charge in [0, 0.05) is 29.7 Å². The maximum atomic E-state index is 11.6. The van der Waals surface area contributed by atoms with Crippen LogP contribution in [-0.4, -0.2) is 22.1 Å². The monoisotopic (exact) mass is 438 g/mol. The van der Waals surface area contributed by atoms with E-state index >= 15 is 0 Å². The van der Waals surface area contributed by atoms with Crippen LogP contribution in [0.15, 0.2) is 84.9 Å². The Kier molecular flexibility index (Phi) is 7.36. The molecule has 0 atom stereocenters. The lowest BCUT2D eigenvalue weighted by molar-refractivity contribution is -0.143. The number of rotatable bonds is 9. The third-order valence-corrected chi connectivity index (χ3v) is 5.70. The van der Waals surface area contributed by atoms with Gasteiger partial charge in [0.1, 0.15) is 5.82 Å². The average molecular weight is 439 g/mol. The van der Waals surface area contributed by atoms with E-state index in [4.69, 9.17) is 9.72 Å². The Labute approximate surface area is 195 Å². The fraction of sp³-hybridized carbons (Fsp3) is 0.241. The minimum absolute atomic E-state index is 0.124. The summed E-state index contributed by atoms with van der Waals surface area (Å²) in [6.45, 7) is 4.42. The fourth-order valence-corrected chi connectivity index (χ4v) is 4.12. The summed E-state index contributed by atoms with van der Waals surface area (Å²) in [5, 5.41) is 0. The number of ether oxygens (including phenoxy) is 1. The molecule has 0 unspecified atom stereocenters. The molecular weight excluding hydrogens is 408 g/mol. The summed E-state index contributed by atoms with van der Waals surface area (Å²) in [5.41, 5.74) is 6.66. The van der Waals surface area contributed by atoms with Crippen LogP contribution in [0.1, 0.15) is 38.1 Å². The molecule has 33 heavy (non-hydrogen) atoms. The van der Waals surface area contributed by atoms with Crippen molar-refractivity contribution < 1.29 is 9.53 Å². The molecule has 0 radical (unpaired) electrons. The molecule has 1 aromatic heterocycles. The van der Waals surface area contributed by atoms with E-state index in [1.54, 1.807) is 0 Å². The molecule has 3 aromatic carbocycles. The number of imidazole rings is 1. The van der Waals surface area contributed by atoms with Gasteiger partial charge in [-0.15, -0.1) is 0 Å². The van der Waals surface area contributed by atoms with Gasteiger partial charge >= 0.3 is 5.97 Å². The van der Waals surface area contributed by atoms with Crippen molar-refractivity contribution in [1.29, 1.82) is 0 Å². The first-order valence-corrected chi connectivity index (χ1v) is 11.7. The number of hydrogen-bond donors (Lipinski definition) is 0. The van der Waals surface area contributed by atoms with Crippen molar-refractivity contribution in [3.05, 3.63) is 96.3 Å². The highest BCUT2D eigenvalue weighted by molar-refractivity contribution is 5.80. The van der Waals surface area contributed by atoms with Crippen molar-refractivity contribution in [2.24, 2.45) is 0 Å². The summed E-state index contributed by atoms with van der Waals surface area (Å²) >= 11 is 0. The molecule has 0 aliphatic rings. The van der Waals surface area contributed by atoms with Crippen molar-refractivity contribution in [3.63, 3.8) is 0 Å². The molecule has 4 heteroatoms. The zero-order chi connectivity index (χ0) is 23.0. The summed E-state index contributed by atoms with van der Waals surface area (Å²) in [6, 6.07) is 29.4. The van der Waals surface area contributed by atoms with Crippen molar-refractivity contribution in [2.45, 2.75) is 39.5 Å². The van der Waals surface area contributed by atoms with Crippen LogP contribution in [0.4, 0.5) is 0 Å². The van der Waals surface area contributed by atoms with Crippen LogP contribution in [0, 0.1) is 0 Å². The molecule has 4 nitrogen and oxygen atoms in total. The van der Waals surface area contributed by atoms with E-state index < -0.39 is 0 Å². The number of nitrogens with zero attached hydrogens (tertiary/aromatic N) is 2. The Morgan fingerprint density at radius 2 is 1.48 bits per heavy atom. The van der Waals surface area contributed by atoms with Crippen LogP contribution < -0.4 is 0 Å². The highest BCUT2D eigenvalue weighted by atomic mass is 16.5. The quantitative estimate of drug-likeness (QED) is 0.275. The zero-order valence-corrected chi connectivity index (χ0v) is 19.3. The standard InChI is InChI=1S/C29H30N2O2/c1-3-26-30-28(23-13-7-5-8-14-23)29(24-15-9-6-10-16-24)31(26)25-20-18-22(19-21-25)12-11-17-27(32)33-4-2/h5-10,13-16,18-21H,3-4,11-12,17H2,1-2H3. The minimum Gasteiger partial charge on any atom is -0.466 e. The van der Waals surface area contributed by atoms with Gasteiger partial charge in [-0.05, 0) is 37.5 Å². The topological polar surface area (TPSA) is 44.1 Å². The number of aromatic nitrogens is 2. The Balaban J connectivity index is 1.70. The highest BCUT2D eigenvalue weighted by Crippen LogP contribution is 2.35. The Bertz CT molecular complexity index is 1180. The first kappa shape index (κ1) is 22.5. The lowest BCUT2D eigenvalue weighted by Crippen LogP contribution is -2.04. The maximum Gasteiger partial charge on any atom is 0.305 e. The van der Waals surface area contributed by atoms with Gasteiger partial charge in [-0.3, -0.25) is 9.36 Å². The number of carbonyl (C=O) groups excluding carboxylic acids is 1. The number of aryl methyl sites for hydroxylation is 2. The van der Waals surface area contributed by atoms with Crippen LogP contribution in [0.5, 0.6) is 0 Å². The molecule has 0 bridgehead atoms. The largest absolute Gasteiger partial charge is 0.466 e. The minimum atomic E-state index is -0.124. The third-order valence-electron chi connectivity index (χ3n) is 5.70. The van der Waals surface area contributed by atoms with Crippen molar-refractivity contribution in [2.75, 3.05) is 6.61 Å². The molecule has 0 fully saturated rings. The van der Waals surface area contributed by atoms with Crippen LogP contribution in [0.3, 0.4) is 0 Å². The van der Waals surface area contributed by atoms with Gasteiger partial charge in [-0.1, -0.05) is 79.7 Å². The number of benzene rings is 3. The maximum absolute atomic E-state index is 11.6. The Hall–Kier alpha value is -3.66. The highest BCUT2D eigenvalue weighted by Gasteiger charge is 2.20. The molecule has 0 aliphatic carbocycles. The first-order valence-electron chi connectivity index (χ1n) is 11.7. The van der Waals surface area contributed by atoms with Crippen molar-refractivity contribution >= 4 is 5.97 Å². The second-order valence-electron chi connectivity index (χ2n) is 7.97. The van der Waals surface area contributed by atoms with Gasteiger partial charge in [0.05, 0.1) is 18.0 Å². The summed E-state index contributed by atoms with van der Waals surface area (Å²) in [6.07, 6.45) is 2.92. The molecule has 0 amide bonds. The average Bonchev–Trinajstić information content (AvgIpc) is 3.25. The SMILES string of the molecule is CCOC(=O)CCCc1ccc(-n2c(CC)nc(-c3ccccc3)c2-c2ccccc2)cc1.